The average molecular weight is 375 g/mol. The molecule has 1 aromatic rings. The zero-order chi connectivity index (χ0) is 21.4. The maximum absolute atomic E-state index is 12.9. The summed E-state index contributed by atoms with van der Waals surface area (Å²) in [4.78, 5) is 25.8. The molecular weight excluding hydrogens is 336 g/mol. The van der Waals surface area contributed by atoms with Crippen LogP contribution >= 0.6 is 0 Å². The van der Waals surface area contributed by atoms with Crippen LogP contribution in [-0.4, -0.2) is 22.9 Å². The van der Waals surface area contributed by atoms with E-state index in [4.69, 9.17) is 0 Å². The van der Waals surface area contributed by atoms with Gasteiger partial charge in [-0.05, 0) is 87.3 Å². The lowest BCUT2D eigenvalue weighted by atomic mass is 9.76. The van der Waals surface area contributed by atoms with Crippen molar-refractivity contribution in [3.8, 4) is 0 Å². The molecule has 0 heterocycles. The van der Waals surface area contributed by atoms with Crippen LogP contribution < -0.4 is 10.6 Å². The third-order valence-electron chi connectivity index (χ3n) is 4.63. The minimum Gasteiger partial charge on any atom is -0.351 e. The average Bonchev–Trinajstić information content (AvgIpc) is 2.42. The summed E-state index contributed by atoms with van der Waals surface area (Å²) in [6, 6.07) is 6.06. The second kappa shape index (κ2) is 7.29. The van der Waals surface area contributed by atoms with E-state index in [0.29, 0.717) is 0 Å². The van der Waals surface area contributed by atoms with Gasteiger partial charge in [0.05, 0.1) is 10.8 Å². The Bertz CT molecular complexity index is 659. The van der Waals surface area contributed by atoms with Gasteiger partial charge in [-0.2, -0.15) is 0 Å². The van der Waals surface area contributed by atoms with Crippen LogP contribution in [0, 0.1) is 6.92 Å². The third kappa shape index (κ3) is 6.08. The molecule has 4 heteroatoms. The third-order valence-corrected chi connectivity index (χ3v) is 4.63. The number of hydrogen-bond acceptors (Lipinski definition) is 2. The van der Waals surface area contributed by atoms with Gasteiger partial charge in [0.2, 0.25) is 11.8 Å². The minimum absolute atomic E-state index is 0.0245. The van der Waals surface area contributed by atoms with Gasteiger partial charge in [-0.25, -0.2) is 0 Å². The van der Waals surface area contributed by atoms with Gasteiger partial charge in [0.15, 0.2) is 0 Å². The van der Waals surface area contributed by atoms with Crippen molar-refractivity contribution >= 4 is 11.8 Å². The van der Waals surface area contributed by atoms with E-state index in [2.05, 4.69) is 10.6 Å². The lowest BCUT2D eigenvalue weighted by Crippen LogP contribution is -2.49. The Kier molecular flexibility index (Phi) is 6.26. The van der Waals surface area contributed by atoms with Crippen molar-refractivity contribution in [3.05, 3.63) is 34.9 Å². The maximum Gasteiger partial charge on any atom is 0.230 e. The van der Waals surface area contributed by atoms with E-state index in [1.54, 1.807) is 0 Å². The van der Waals surface area contributed by atoms with E-state index < -0.39 is 10.8 Å². The van der Waals surface area contributed by atoms with E-state index >= 15 is 0 Å². The molecule has 0 saturated heterocycles. The fraction of sp³-hybridized carbons (Fsp3) is 0.652. The molecule has 2 N–H and O–H groups in total. The molecule has 0 aliphatic carbocycles. The number of rotatable bonds is 4. The van der Waals surface area contributed by atoms with Crippen LogP contribution in [0.25, 0.3) is 0 Å². The van der Waals surface area contributed by atoms with E-state index in [1.165, 1.54) is 0 Å². The quantitative estimate of drug-likeness (QED) is 0.822. The molecule has 27 heavy (non-hydrogen) atoms. The van der Waals surface area contributed by atoms with Gasteiger partial charge in [-0.3, -0.25) is 9.59 Å². The predicted molar refractivity (Wildman–Crippen MR) is 113 cm³/mol. The molecule has 0 spiro atoms. The first kappa shape index (κ1) is 23.2. The van der Waals surface area contributed by atoms with Crippen LogP contribution in [0.3, 0.4) is 0 Å². The number of amides is 2. The van der Waals surface area contributed by atoms with Crippen LogP contribution in [0.2, 0.25) is 0 Å². The van der Waals surface area contributed by atoms with Crippen molar-refractivity contribution in [1.82, 2.24) is 10.6 Å². The topological polar surface area (TPSA) is 58.2 Å². The summed E-state index contributed by atoms with van der Waals surface area (Å²) < 4.78 is 0. The highest BCUT2D eigenvalue weighted by molar-refractivity contribution is 5.89. The Morgan fingerprint density at radius 3 is 1.19 bits per heavy atom. The maximum atomic E-state index is 12.9. The molecule has 0 saturated carbocycles. The SMILES string of the molecule is Cc1cc(C(C)(C)C(=O)NC(C)(C)C)cc(C(C)(C)C(=O)NC(C)(C)C)c1. The molecule has 0 unspecified atom stereocenters. The second-order valence-corrected chi connectivity index (χ2v) is 10.7. The smallest absolute Gasteiger partial charge is 0.230 e. The molecule has 0 fully saturated rings. The molecule has 0 aliphatic heterocycles. The summed E-state index contributed by atoms with van der Waals surface area (Å²) in [5.74, 6) is -0.0491. The van der Waals surface area contributed by atoms with Gasteiger partial charge in [0.1, 0.15) is 0 Å². The number of carbonyl (C=O) groups is 2. The fourth-order valence-corrected chi connectivity index (χ4v) is 2.76. The van der Waals surface area contributed by atoms with Crippen molar-refractivity contribution in [1.29, 1.82) is 0 Å². The van der Waals surface area contributed by atoms with Crippen molar-refractivity contribution in [2.24, 2.45) is 0 Å². The van der Waals surface area contributed by atoms with Crippen LogP contribution in [0.5, 0.6) is 0 Å². The molecule has 0 bridgehead atoms. The highest BCUT2D eigenvalue weighted by Crippen LogP contribution is 2.32. The molecule has 0 aliphatic rings. The summed E-state index contributed by atoms with van der Waals surface area (Å²) in [5, 5.41) is 6.14. The standard InChI is InChI=1S/C23H38N2O2/c1-15-12-16(22(8,9)18(26)24-20(2,3)4)14-17(13-15)23(10,11)19(27)25-21(5,6)7/h12-14H,1-11H3,(H,24,26)(H,25,27). The summed E-state index contributed by atoms with van der Waals surface area (Å²) in [5.41, 5.74) is 0.859. The van der Waals surface area contributed by atoms with E-state index in [1.807, 2.05) is 94.4 Å². The zero-order valence-electron chi connectivity index (χ0n) is 19.0. The first-order valence-corrected chi connectivity index (χ1v) is 9.64. The van der Waals surface area contributed by atoms with Crippen molar-refractivity contribution in [2.45, 2.75) is 98.1 Å². The number of nitrogens with one attached hydrogen (secondary N) is 2. The molecular formula is C23H38N2O2. The molecule has 1 aromatic carbocycles. The van der Waals surface area contributed by atoms with Crippen LogP contribution in [0.4, 0.5) is 0 Å². The van der Waals surface area contributed by atoms with Crippen molar-refractivity contribution in [3.63, 3.8) is 0 Å². The second-order valence-electron chi connectivity index (χ2n) is 10.7. The lowest BCUT2D eigenvalue weighted by Gasteiger charge is -2.33. The fourth-order valence-electron chi connectivity index (χ4n) is 2.76. The van der Waals surface area contributed by atoms with Gasteiger partial charge in [0.25, 0.3) is 0 Å². The van der Waals surface area contributed by atoms with E-state index in [0.717, 1.165) is 16.7 Å². The Morgan fingerprint density at radius 1 is 0.630 bits per heavy atom. The zero-order valence-corrected chi connectivity index (χ0v) is 19.0. The van der Waals surface area contributed by atoms with Crippen LogP contribution in [-0.2, 0) is 20.4 Å². The first-order chi connectivity index (χ1) is 11.9. The van der Waals surface area contributed by atoms with E-state index in [9.17, 15) is 9.59 Å². The predicted octanol–water partition coefficient (Wildman–Crippen LogP) is 4.38. The molecule has 152 valence electrons. The highest BCUT2D eigenvalue weighted by Gasteiger charge is 2.36. The Balaban J connectivity index is 3.34. The Labute approximate surface area is 165 Å². The summed E-state index contributed by atoms with van der Waals surface area (Å²) in [7, 11) is 0. The highest BCUT2D eigenvalue weighted by atomic mass is 16.2. The molecule has 0 atom stereocenters. The molecule has 0 aromatic heterocycles. The van der Waals surface area contributed by atoms with E-state index in [-0.39, 0.29) is 22.9 Å². The van der Waals surface area contributed by atoms with Gasteiger partial charge in [-0.15, -0.1) is 0 Å². The minimum atomic E-state index is -0.704. The summed E-state index contributed by atoms with van der Waals surface area (Å²) in [6.45, 7) is 21.6. The summed E-state index contributed by atoms with van der Waals surface area (Å²) >= 11 is 0. The first-order valence-electron chi connectivity index (χ1n) is 9.64. The Morgan fingerprint density at radius 2 is 0.926 bits per heavy atom. The monoisotopic (exact) mass is 374 g/mol. The lowest BCUT2D eigenvalue weighted by molar-refractivity contribution is -0.127. The van der Waals surface area contributed by atoms with Crippen molar-refractivity contribution in [2.75, 3.05) is 0 Å². The molecule has 1 rings (SSSR count). The number of carbonyl (C=O) groups excluding carboxylic acids is 2. The van der Waals surface area contributed by atoms with Gasteiger partial charge >= 0.3 is 0 Å². The van der Waals surface area contributed by atoms with Crippen LogP contribution in [0.15, 0.2) is 18.2 Å². The van der Waals surface area contributed by atoms with Gasteiger partial charge in [-0.1, -0.05) is 23.8 Å². The summed E-state index contributed by atoms with van der Waals surface area (Å²) in [6.07, 6.45) is 0. The normalized spacial score (nSPS) is 13.3. The largest absolute Gasteiger partial charge is 0.351 e. The number of aryl methyl sites for hydroxylation is 1. The molecule has 0 radical (unpaired) electrons. The van der Waals surface area contributed by atoms with Gasteiger partial charge in [0, 0.05) is 11.1 Å². The number of hydrogen-bond donors (Lipinski definition) is 2. The van der Waals surface area contributed by atoms with Gasteiger partial charge < -0.3 is 10.6 Å². The van der Waals surface area contributed by atoms with Crippen LogP contribution in [0.1, 0.15) is 85.9 Å². The number of benzene rings is 1. The molecule has 4 nitrogen and oxygen atoms in total. The molecule has 2 amide bonds. The van der Waals surface area contributed by atoms with Crippen molar-refractivity contribution < 1.29 is 9.59 Å². The Hall–Kier alpha value is -1.84.